The minimum Gasteiger partial charge on any atom is -0.274 e. The summed E-state index contributed by atoms with van der Waals surface area (Å²) < 4.78 is 0. The summed E-state index contributed by atoms with van der Waals surface area (Å²) in [4.78, 5) is 29.6. The van der Waals surface area contributed by atoms with Crippen LogP contribution in [-0.4, -0.2) is 11.8 Å². The van der Waals surface area contributed by atoms with Crippen molar-refractivity contribution in [1.29, 1.82) is 5.26 Å². The van der Waals surface area contributed by atoms with Gasteiger partial charge in [-0.15, -0.1) is 11.3 Å². The van der Waals surface area contributed by atoms with Gasteiger partial charge >= 0.3 is 0 Å². The van der Waals surface area contributed by atoms with Gasteiger partial charge in [0.25, 0.3) is 0 Å². The molecule has 0 radical (unpaired) electrons. The van der Waals surface area contributed by atoms with Gasteiger partial charge < -0.3 is 0 Å². The van der Waals surface area contributed by atoms with Gasteiger partial charge in [0.05, 0.1) is 17.4 Å². The zero-order valence-corrected chi connectivity index (χ0v) is 20.8. The summed E-state index contributed by atoms with van der Waals surface area (Å²) >= 11 is 1.40. The number of fused-ring (bicyclic) bond motifs is 5. The molecule has 5 rings (SSSR count). The molecule has 2 amide bonds. The van der Waals surface area contributed by atoms with Crippen LogP contribution in [0.25, 0.3) is 11.1 Å². The van der Waals surface area contributed by atoms with Gasteiger partial charge in [0.15, 0.2) is 0 Å². The van der Waals surface area contributed by atoms with E-state index in [4.69, 9.17) is 0 Å². The van der Waals surface area contributed by atoms with Gasteiger partial charge in [0, 0.05) is 10.4 Å². The van der Waals surface area contributed by atoms with Crippen molar-refractivity contribution in [3.63, 3.8) is 0 Å². The van der Waals surface area contributed by atoms with Crippen LogP contribution >= 0.6 is 11.3 Å². The van der Waals surface area contributed by atoms with Gasteiger partial charge in [-0.1, -0.05) is 49.3 Å². The Morgan fingerprint density at radius 2 is 1.70 bits per heavy atom. The number of anilines is 1. The topological polar surface area (TPSA) is 61.2 Å². The number of nitriles is 1. The largest absolute Gasteiger partial charge is 0.274 e. The Bertz CT molecular complexity index is 1190. The van der Waals surface area contributed by atoms with E-state index in [1.54, 1.807) is 0 Å². The number of imide groups is 1. The quantitative estimate of drug-likeness (QED) is 0.383. The van der Waals surface area contributed by atoms with Crippen LogP contribution in [0.15, 0.2) is 35.4 Å². The summed E-state index contributed by atoms with van der Waals surface area (Å²) in [7, 11) is 0. The molecule has 2 heterocycles. The van der Waals surface area contributed by atoms with Gasteiger partial charge in [-0.3, -0.25) is 9.59 Å². The number of carbonyl (C=O) groups excluding carboxylic acids is 2. The van der Waals surface area contributed by atoms with Gasteiger partial charge in [-0.25, -0.2) is 4.90 Å². The Morgan fingerprint density at radius 3 is 2.18 bits per heavy atom. The first-order valence-electron chi connectivity index (χ1n) is 12.0. The Balaban J connectivity index is 1.55. The summed E-state index contributed by atoms with van der Waals surface area (Å²) in [5.74, 6) is 0.131. The molecule has 2 aliphatic carbocycles. The average molecular weight is 459 g/mol. The fourth-order valence-electron chi connectivity index (χ4n) is 6.54. The number of hydrogen-bond donors (Lipinski definition) is 0. The molecular formula is C28H30N2O2S. The average Bonchev–Trinajstić information content (AvgIpc) is 3.52. The SMILES string of the molecule is CC[C@H](C)c1ccc(-c2c(C)sc(N3C(=O)[C@@H]4[C@@H](C3=O)[C@@H]3CC[C@@H]4C3=C(C)C)c2C#N)cc1. The van der Waals surface area contributed by atoms with Gasteiger partial charge in [-0.05, 0) is 68.9 Å². The van der Waals surface area contributed by atoms with E-state index >= 15 is 0 Å². The number of nitrogens with zero attached hydrogens (tertiary/aromatic N) is 2. The van der Waals surface area contributed by atoms with Crippen LogP contribution in [-0.2, 0) is 9.59 Å². The first kappa shape index (κ1) is 22.1. The summed E-state index contributed by atoms with van der Waals surface area (Å²) in [6, 6.07) is 10.7. The molecule has 5 atom stereocenters. The molecule has 4 nitrogen and oxygen atoms in total. The second kappa shape index (κ2) is 7.95. The van der Waals surface area contributed by atoms with Gasteiger partial charge in [0.2, 0.25) is 11.8 Å². The van der Waals surface area contributed by atoms with Crippen molar-refractivity contribution in [2.45, 2.75) is 59.8 Å². The molecule has 2 saturated carbocycles. The molecule has 5 heteroatoms. The number of hydrogen-bond acceptors (Lipinski definition) is 4. The third kappa shape index (κ3) is 3.07. The van der Waals surface area contributed by atoms with Crippen molar-refractivity contribution in [2.24, 2.45) is 23.7 Å². The molecule has 0 spiro atoms. The fourth-order valence-corrected chi connectivity index (χ4v) is 7.68. The van der Waals surface area contributed by atoms with E-state index in [-0.39, 0.29) is 35.5 Å². The number of carbonyl (C=O) groups is 2. The van der Waals surface area contributed by atoms with Crippen LogP contribution in [0.3, 0.4) is 0 Å². The summed E-state index contributed by atoms with van der Waals surface area (Å²) in [5.41, 5.74) is 6.14. The van der Waals surface area contributed by atoms with Crippen molar-refractivity contribution in [3.05, 3.63) is 51.4 Å². The van der Waals surface area contributed by atoms with E-state index in [1.807, 2.05) is 6.92 Å². The van der Waals surface area contributed by atoms with E-state index < -0.39 is 0 Å². The number of aryl methyl sites for hydroxylation is 1. The maximum Gasteiger partial charge on any atom is 0.239 e. The smallest absolute Gasteiger partial charge is 0.239 e. The summed E-state index contributed by atoms with van der Waals surface area (Å²) in [5, 5.41) is 10.6. The number of amides is 2. The van der Waals surface area contributed by atoms with Gasteiger partial charge in [0.1, 0.15) is 11.1 Å². The molecular weight excluding hydrogens is 428 g/mol. The van der Waals surface area contributed by atoms with Crippen LogP contribution in [0.1, 0.15) is 68.9 Å². The first-order valence-corrected chi connectivity index (χ1v) is 12.8. The summed E-state index contributed by atoms with van der Waals surface area (Å²) in [6.07, 6.45) is 3.05. The number of benzene rings is 1. The van der Waals surface area contributed by atoms with Crippen LogP contribution < -0.4 is 4.90 Å². The van der Waals surface area contributed by atoms with Crippen LogP contribution in [0, 0.1) is 41.9 Å². The van der Waals surface area contributed by atoms with E-state index in [2.05, 4.69) is 58.0 Å². The zero-order chi connectivity index (χ0) is 23.6. The molecule has 2 aromatic rings. The Kier molecular flexibility index (Phi) is 5.33. The van der Waals surface area contributed by atoms with E-state index in [0.717, 1.165) is 35.3 Å². The molecule has 0 unspecified atom stereocenters. The highest BCUT2D eigenvalue weighted by molar-refractivity contribution is 7.17. The molecule has 3 fully saturated rings. The first-order chi connectivity index (χ1) is 15.8. The van der Waals surface area contributed by atoms with Crippen LogP contribution in [0.4, 0.5) is 5.00 Å². The molecule has 170 valence electrons. The molecule has 1 saturated heterocycles. The lowest BCUT2D eigenvalue weighted by molar-refractivity contribution is -0.122. The third-order valence-electron chi connectivity index (χ3n) is 8.19. The standard InChI is InChI=1S/C28H30N2O2S/c1-6-15(4)17-7-9-18(10-8-17)23-16(5)33-28(21(23)13-29)30-26(31)24-19-11-12-20(22(19)14(2)3)25(24)27(30)32/h7-10,15,19-20,24-25H,6,11-12H2,1-5H3/t15-,19+,20+,24-,25-/m0/s1. The van der Waals surface area contributed by atoms with E-state index in [1.165, 1.54) is 32.9 Å². The predicted molar refractivity (Wildman–Crippen MR) is 132 cm³/mol. The molecule has 1 aromatic heterocycles. The Morgan fingerprint density at radius 1 is 1.12 bits per heavy atom. The lowest BCUT2D eigenvalue weighted by Crippen LogP contribution is -2.33. The van der Waals surface area contributed by atoms with Gasteiger partial charge in [-0.2, -0.15) is 5.26 Å². The highest BCUT2D eigenvalue weighted by Crippen LogP contribution is 2.61. The second-order valence-electron chi connectivity index (χ2n) is 10.1. The summed E-state index contributed by atoms with van der Waals surface area (Å²) in [6.45, 7) is 10.6. The number of allylic oxidation sites excluding steroid dienone is 2. The number of thiophene rings is 1. The minimum absolute atomic E-state index is 0.104. The molecule has 33 heavy (non-hydrogen) atoms. The van der Waals surface area contributed by atoms with Crippen molar-refractivity contribution < 1.29 is 9.59 Å². The Labute approximate surface area is 199 Å². The highest BCUT2D eigenvalue weighted by Gasteiger charge is 2.64. The molecule has 2 bridgehead atoms. The highest BCUT2D eigenvalue weighted by atomic mass is 32.1. The maximum atomic E-state index is 13.6. The van der Waals surface area contributed by atoms with Crippen molar-refractivity contribution >= 4 is 28.2 Å². The zero-order valence-electron chi connectivity index (χ0n) is 19.9. The Hall–Kier alpha value is -2.71. The lowest BCUT2D eigenvalue weighted by Gasteiger charge is -2.18. The lowest BCUT2D eigenvalue weighted by atomic mass is 9.81. The van der Waals surface area contributed by atoms with E-state index in [9.17, 15) is 14.9 Å². The monoisotopic (exact) mass is 458 g/mol. The number of rotatable bonds is 4. The van der Waals surface area contributed by atoms with Crippen LogP contribution in [0.2, 0.25) is 0 Å². The van der Waals surface area contributed by atoms with Crippen molar-refractivity contribution in [3.8, 4) is 17.2 Å². The van der Waals surface area contributed by atoms with Crippen molar-refractivity contribution in [1.82, 2.24) is 0 Å². The normalized spacial score (nSPS) is 26.7. The third-order valence-corrected chi connectivity index (χ3v) is 9.28. The van der Waals surface area contributed by atoms with Crippen molar-refractivity contribution in [2.75, 3.05) is 4.90 Å². The minimum atomic E-state index is -0.256. The van der Waals surface area contributed by atoms with Crippen LogP contribution in [0.5, 0.6) is 0 Å². The fraction of sp³-hybridized carbons (Fsp3) is 0.464. The molecule has 1 aromatic carbocycles. The molecule has 3 aliphatic rings. The molecule has 0 N–H and O–H groups in total. The second-order valence-corrected chi connectivity index (χ2v) is 11.3. The molecule has 1 aliphatic heterocycles. The van der Waals surface area contributed by atoms with E-state index in [0.29, 0.717) is 16.5 Å². The maximum absolute atomic E-state index is 13.6. The predicted octanol–water partition coefficient (Wildman–Crippen LogP) is 6.59.